The van der Waals surface area contributed by atoms with Gasteiger partial charge in [-0.05, 0) is 0 Å². The Morgan fingerprint density at radius 1 is 0.778 bits per heavy atom. The first kappa shape index (κ1) is 25.5. The minimum atomic E-state index is -2.72. The van der Waals surface area contributed by atoms with E-state index in [9.17, 15) is 0 Å². The van der Waals surface area contributed by atoms with E-state index in [0.717, 1.165) is 0 Å². The third-order valence-electron chi connectivity index (χ3n) is 0.806. The van der Waals surface area contributed by atoms with Crippen molar-refractivity contribution in [3.63, 3.8) is 0 Å². The Balaban J connectivity index is -0.000000197. The lowest BCUT2D eigenvalue weighted by atomic mass is 11.1. The minimum absolute atomic E-state index is 1.07. The maximum atomic E-state index is 4.97. The van der Waals surface area contributed by atoms with Gasteiger partial charge in [-0.3, -0.25) is 0 Å². The molecule has 6 radical (unpaired) electrons. The van der Waals surface area contributed by atoms with Crippen molar-refractivity contribution in [3.05, 3.63) is 0 Å². The lowest BCUT2D eigenvalue weighted by Crippen LogP contribution is -2.36. The third-order valence-corrected chi connectivity index (χ3v) is 1.42. The van der Waals surface area contributed by atoms with Crippen LogP contribution in [0.4, 0.5) is 0 Å². The predicted molar refractivity (Wildman–Crippen MR) is 84.7 cm³/mol. The molecule has 0 saturated carbocycles. The molecule has 108 valence electrons. The van der Waals surface area contributed by atoms with E-state index in [-0.39, 0.29) is 0 Å². The van der Waals surface area contributed by atoms with Gasteiger partial charge in [-0.1, -0.05) is 34.8 Å². The fourth-order valence-electron chi connectivity index (χ4n) is 0.250. The summed E-state index contributed by atoms with van der Waals surface area (Å²) >= 11 is 34.8. The van der Waals surface area contributed by atoms with E-state index >= 15 is 0 Å². The first-order valence-electron chi connectivity index (χ1n) is 3.66. The number of alkyl halides is 3. The maximum Gasteiger partial charge on any atom is 0.440 e. The molecule has 0 spiro atoms. The van der Waals surface area contributed by atoms with Crippen molar-refractivity contribution in [2.45, 2.75) is 9.01 Å². The molecule has 0 aliphatic carbocycles. The summed E-state index contributed by atoms with van der Waals surface area (Å²) in [6.07, 6.45) is 0. The van der Waals surface area contributed by atoms with Gasteiger partial charge in [-0.25, -0.2) is 0 Å². The topological polar surface area (TPSA) is 27.7 Å². The molecule has 0 bridgehead atoms. The van der Waals surface area contributed by atoms with Crippen LogP contribution in [0.2, 0.25) is 0 Å². The van der Waals surface area contributed by atoms with Gasteiger partial charge in [0.25, 0.3) is 0 Å². The smallest absolute Gasteiger partial charge is 0.336 e. The fourth-order valence-corrected chi connectivity index (χ4v) is 0.250. The van der Waals surface area contributed by atoms with E-state index in [1.54, 1.807) is 0 Å². The molecule has 0 aromatic carbocycles. The average molecular weight is 450 g/mol. The van der Waals surface area contributed by atoms with E-state index in [1.165, 1.54) is 21.3 Å². The summed E-state index contributed by atoms with van der Waals surface area (Å²) in [7, 11) is 10.2. The SMILES string of the molecule is COC([Si])(OC)OC.Cl[Si](Cl)(Cl)Cl.[Si]C(Cl)(Cl)Cl. The third kappa shape index (κ3) is 42.8. The van der Waals surface area contributed by atoms with Gasteiger partial charge in [-0.2, -0.15) is 0 Å². The molecule has 0 aliphatic rings. The van der Waals surface area contributed by atoms with Crippen LogP contribution in [0.3, 0.4) is 0 Å². The number of rotatable bonds is 3. The standard InChI is InChI=1S/C4H9O3Si.CCl3Si.Cl4Si/c1-5-4(8,6-2)7-3;2-1(3,4)5;1-5(2,3)4/h1-3H3;;. The number of halogens is 7. The second-order valence-electron chi connectivity index (χ2n) is 2.09. The Labute approximate surface area is 148 Å². The molecule has 0 rings (SSSR count). The zero-order chi connectivity index (χ0) is 15.6. The molecular weight excluding hydrogens is 440 g/mol. The zero-order valence-electron chi connectivity index (χ0n) is 9.37. The van der Waals surface area contributed by atoms with E-state index in [1.807, 2.05) is 0 Å². The van der Waals surface area contributed by atoms with Crippen molar-refractivity contribution in [2.24, 2.45) is 0 Å². The molecule has 0 heterocycles. The van der Waals surface area contributed by atoms with Crippen molar-refractivity contribution in [1.29, 1.82) is 0 Å². The highest BCUT2D eigenvalue weighted by molar-refractivity contribution is 7.81. The van der Waals surface area contributed by atoms with Gasteiger partial charge in [0.1, 0.15) is 0 Å². The van der Waals surface area contributed by atoms with Crippen molar-refractivity contribution < 1.29 is 14.2 Å². The van der Waals surface area contributed by atoms with Crippen LogP contribution in [0, 0.1) is 0 Å². The number of ether oxygens (including phenoxy) is 3. The summed E-state index contributed by atoms with van der Waals surface area (Å²) in [6, 6.07) is 0. The largest absolute Gasteiger partial charge is 0.440 e. The van der Waals surface area contributed by atoms with E-state index in [2.05, 4.69) is 20.5 Å². The van der Waals surface area contributed by atoms with Crippen LogP contribution in [-0.2, 0) is 14.2 Å². The Kier molecular flexibility index (Phi) is 17.2. The zero-order valence-corrected chi connectivity index (χ0v) is 17.7. The molecular formula is C5H9Cl7O3Si3. The summed E-state index contributed by atoms with van der Waals surface area (Å²) in [5.74, 6) is 0. The van der Waals surface area contributed by atoms with Crippen molar-refractivity contribution in [1.82, 2.24) is 0 Å². The summed E-state index contributed by atoms with van der Waals surface area (Å²) in [5, 5.41) is -2.72. The van der Waals surface area contributed by atoms with Gasteiger partial charge in [0.05, 0.1) is 10.2 Å². The number of hydrogen-bond donors (Lipinski definition) is 0. The van der Waals surface area contributed by atoms with Gasteiger partial charge in [0.2, 0.25) is 5.60 Å². The molecule has 0 fully saturated rings. The molecule has 0 aliphatic heterocycles. The lowest BCUT2D eigenvalue weighted by Gasteiger charge is -2.23. The molecule has 0 amide bonds. The summed E-state index contributed by atoms with van der Waals surface area (Å²) in [6.45, 7) is 0. The van der Waals surface area contributed by atoms with Crippen LogP contribution >= 0.6 is 79.1 Å². The van der Waals surface area contributed by atoms with E-state index in [4.69, 9.17) is 93.3 Å². The van der Waals surface area contributed by atoms with Crippen molar-refractivity contribution in [3.8, 4) is 0 Å². The summed E-state index contributed by atoms with van der Waals surface area (Å²) in [5.41, 5.74) is -1.07. The molecule has 0 aromatic rings. The van der Waals surface area contributed by atoms with Gasteiger partial charge < -0.3 is 14.2 Å². The van der Waals surface area contributed by atoms with Crippen LogP contribution in [0.5, 0.6) is 0 Å². The van der Waals surface area contributed by atoms with E-state index in [0.29, 0.717) is 0 Å². The Morgan fingerprint density at radius 2 is 0.889 bits per heavy atom. The Hall–Kier alpha value is 2.56. The quantitative estimate of drug-likeness (QED) is 0.285. The Bertz CT molecular complexity index is 161. The summed E-state index contributed by atoms with van der Waals surface area (Å²) < 4.78 is 12.8. The van der Waals surface area contributed by atoms with Crippen molar-refractivity contribution >= 4 is 105 Å². The average Bonchev–Trinajstić information content (AvgIpc) is 2.11. The summed E-state index contributed by atoms with van der Waals surface area (Å²) in [4.78, 5) is 0. The van der Waals surface area contributed by atoms with Crippen LogP contribution in [-0.4, -0.2) is 56.1 Å². The van der Waals surface area contributed by atoms with Crippen LogP contribution in [0.25, 0.3) is 0 Å². The van der Waals surface area contributed by atoms with Crippen LogP contribution in [0.15, 0.2) is 0 Å². The first-order valence-corrected chi connectivity index (χ1v) is 11.8. The normalized spacial score (nSPS) is 12.0. The van der Waals surface area contributed by atoms with Gasteiger partial charge in [0, 0.05) is 21.3 Å². The molecule has 18 heavy (non-hydrogen) atoms. The Morgan fingerprint density at radius 3 is 0.889 bits per heavy atom. The molecule has 0 unspecified atom stereocenters. The fraction of sp³-hybridized carbons (Fsp3) is 1.00. The molecule has 0 saturated heterocycles. The monoisotopic (exact) mass is 446 g/mol. The second-order valence-corrected chi connectivity index (χ2v) is 17.8. The van der Waals surface area contributed by atoms with Gasteiger partial charge in [0.15, 0.2) is 13.7 Å². The molecule has 0 aromatic heterocycles. The number of methoxy groups -OCH3 is 3. The van der Waals surface area contributed by atoms with Crippen molar-refractivity contribution in [2.75, 3.05) is 21.3 Å². The first-order chi connectivity index (χ1) is 7.68. The predicted octanol–water partition coefficient (Wildman–Crippen LogP) is 3.57. The highest BCUT2D eigenvalue weighted by Gasteiger charge is 2.20. The van der Waals surface area contributed by atoms with E-state index < -0.39 is 14.3 Å². The van der Waals surface area contributed by atoms with Gasteiger partial charge in [-0.15, -0.1) is 44.3 Å². The number of hydrogen-bond acceptors (Lipinski definition) is 3. The van der Waals surface area contributed by atoms with Crippen LogP contribution in [0.1, 0.15) is 0 Å². The minimum Gasteiger partial charge on any atom is -0.336 e. The van der Waals surface area contributed by atoms with Crippen LogP contribution < -0.4 is 0 Å². The molecule has 13 heteroatoms. The highest BCUT2D eigenvalue weighted by Crippen LogP contribution is 2.23. The maximum absolute atomic E-state index is 4.97. The molecule has 0 N–H and O–H groups in total. The van der Waals surface area contributed by atoms with Gasteiger partial charge >= 0.3 is 5.31 Å². The highest BCUT2D eigenvalue weighted by atomic mass is 36.0. The molecule has 3 nitrogen and oxygen atoms in total. The molecule has 0 atom stereocenters. The lowest BCUT2D eigenvalue weighted by molar-refractivity contribution is -0.292. The second kappa shape index (κ2) is 12.1.